The third kappa shape index (κ3) is 4.71. The van der Waals surface area contributed by atoms with Crippen molar-refractivity contribution < 1.29 is 9.53 Å². The minimum atomic E-state index is -0.144. The van der Waals surface area contributed by atoms with E-state index in [9.17, 15) is 4.79 Å². The number of anilines is 1. The molecule has 24 heavy (non-hydrogen) atoms. The number of carbonyl (C=O) groups excluding carboxylic acids is 1. The zero-order valence-corrected chi connectivity index (χ0v) is 15.3. The van der Waals surface area contributed by atoms with Crippen molar-refractivity contribution in [1.82, 2.24) is 0 Å². The van der Waals surface area contributed by atoms with Gasteiger partial charge >= 0.3 is 0 Å². The Kier molecular flexibility index (Phi) is 6.10. The minimum absolute atomic E-state index is 0.0165. The lowest BCUT2D eigenvalue weighted by Gasteiger charge is -2.11. The SMILES string of the molecule is CCc1cccc(NC(=O)COc2ccc(C3SCCS3)cc2)c1. The molecule has 0 spiro atoms. The maximum absolute atomic E-state index is 12.0. The van der Waals surface area contributed by atoms with Crippen LogP contribution in [0.3, 0.4) is 0 Å². The van der Waals surface area contributed by atoms with Gasteiger partial charge in [-0.25, -0.2) is 0 Å². The first-order valence-corrected chi connectivity index (χ1v) is 10.2. The van der Waals surface area contributed by atoms with Gasteiger partial charge in [0.05, 0.1) is 4.58 Å². The molecule has 0 aromatic heterocycles. The monoisotopic (exact) mass is 359 g/mol. The second-order valence-electron chi connectivity index (χ2n) is 5.53. The van der Waals surface area contributed by atoms with Crippen molar-refractivity contribution in [1.29, 1.82) is 0 Å². The van der Waals surface area contributed by atoms with Gasteiger partial charge in [0.15, 0.2) is 6.61 Å². The summed E-state index contributed by atoms with van der Waals surface area (Å²) in [6.07, 6.45) is 0.949. The van der Waals surface area contributed by atoms with E-state index in [1.54, 1.807) is 0 Å². The number of carbonyl (C=O) groups is 1. The van der Waals surface area contributed by atoms with E-state index < -0.39 is 0 Å². The Morgan fingerprint density at radius 1 is 1.17 bits per heavy atom. The number of nitrogens with one attached hydrogen (secondary N) is 1. The molecule has 0 atom stereocenters. The van der Waals surface area contributed by atoms with E-state index >= 15 is 0 Å². The summed E-state index contributed by atoms with van der Waals surface area (Å²) < 4.78 is 6.12. The molecule has 1 N–H and O–H groups in total. The fourth-order valence-electron chi connectivity index (χ4n) is 2.49. The second kappa shape index (κ2) is 8.49. The molecule has 0 aliphatic carbocycles. The standard InChI is InChI=1S/C19H21NO2S2/c1-2-14-4-3-5-16(12-14)20-18(21)13-22-17-8-6-15(7-9-17)19-23-10-11-24-19/h3-9,12,19H,2,10-11,13H2,1H3,(H,20,21). The molecule has 0 radical (unpaired) electrons. The molecule has 126 valence electrons. The molecule has 3 rings (SSSR count). The van der Waals surface area contributed by atoms with E-state index in [-0.39, 0.29) is 12.5 Å². The van der Waals surface area contributed by atoms with Crippen LogP contribution in [0.25, 0.3) is 0 Å². The van der Waals surface area contributed by atoms with Gasteiger partial charge in [0, 0.05) is 17.2 Å². The molecule has 3 nitrogen and oxygen atoms in total. The second-order valence-corrected chi connectivity index (χ2v) is 8.26. The lowest BCUT2D eigenvalue weighted by atomic mass is 10.1. The highest BCUT2D eigenvalue weighted by atomic mass is 32.2. The summed E-state index contributed by atoms with van der Waals surface area (Å²) in [5.41, 5.74) is 3.33. The number of benzene rings is 2. The smallest absolute Gasteiger partial charge is 0.262 e. The third-order valence-electron chi connectivity index (χ3n) is 3.76. The molecule has 1 fully saturated rings. The van der Waals surface area contributed by atoms with Crippen molar-refractivity contribution in [3.05, 3.63) is 59.7 Å². The number of aryl methyl sites for hydroxylation is 1. The Morgan fingerprint density at radius 3 is 2.62 bits per heavy atom. The number of thioether (sulfide) groups is 2. The molecule has 0 bridgehead atoms. The molecule has 1 amide bonds. The zero-order valence-electron chi connectivity index (χ0n) is 13.7. The van der Waals surface area contributed by atoms with Gasteiger partial charge in [-0.1, -0.05) is 31.2 Å². The first kappa shape index (κ1) is 17.2. The van der Waals surface area contributed by atoms with Gasteiger partial charge in [-0.2, -0.15) is 0 Å². The predicted molar refractivity (Wildman–Crippen MR) is 104 cm³/mol. The molecule has 2 aromatic rings. The van der Waals surface area contributed by atoms with Crippen molar-refractivity contribution in [2.24, 2.45) is 0 Å². The number of ether oxygens (including phenoxy) is 1. The third-order valence-corrected chi connectivity index (χ3v) is 6.87. The lowest BCUT2D eigenvalue weighted by Crippen LogP contribution is -2.20. The van der Waals surface area contributed by atoms with E-state index in [1.807, 2.05) is 53.9 Å². The summed E-state index contributed by atoms with van der Waals surface area (Å²) >= 11 is 3.96. The molecular formula is C19H21NO2S2. The van der Waals surface area contributed by atoms with Crippen LogP contribution in [0.15, 0.2) is 48.5 Å². The van der Waals surface area contributed by atoms with E-state index in [1.165, 1.54) is 22.6 Å². The first-order valence-electron chi connectivity index (χ1n) is 8.09. The highest BCUT2D eigenvalue weighted by Crippen LogP contribution is 2.45. The van der Waals surface area contributed by atoms with Crippen LogP contribution in [0, 0.1) is 0 Å². The minimum Gasteiger partial charge on any atom is -0.484 e. The van der Waals surface area contributed by atoms with Crippen molar-refractivity contribution in [3.63, 3.8) is 0 Å². The van der Waals surface area contributed by atoms with Crippen LogP contribution in [0.4, 0.5) is 5.69 Å². The molecule has 1 saturated heterocycles. The van der Waals surface area contributed by atoms with E-state index in [0.29, 0.717) is 4.58 Å². The van der Waals surface area contributed by atoms with E-state index in [0.717, 1.165) is 17.9 Å². The highest BCUT2D eigenvalue weighted by molar-refractivity contribution is 8.19. The summed E-state index contributed by atoms with van der Waals surface area (Å²) in [7, 11) is 0. The fourth-order valence-corrected chi connectivity index (χ4v) is 5.35. The van der Waals surface area contributed by atoms with Crippen LogP contribution in [0.5, 0.6) is 5.75 Å². The molecule has 5 heteroatoms. The Morgan fingerprint density at radius 2 is 1.92 bits per heavy atom. The Labute approximate surface area is 151 Å². The van der Waals surface area contributed by atoms with Crippen LogP contribution in [0.1, 0.15) is 22.6 Å². The lowest BCUT2D eigenvalue weighted by molar-refractivity contribution is -0.118. The maximum atomic E-state index is 12.0. The van der Waals surface area contributed by atoms with Crippen LogP contribution in [-0.4, -0.2) is 24.0 Å². The van der Waals surface area contributed by atoms with Gasteiger partial charge in [0.1, 0.15) is 5.75 Å². The highest BCUT2D eigenvalue weighted by Gasteiger charge is 2.17. The zero-order chi connectivity index (χ0) is 16.8. The summed E-state index contributed by atoms with van der Waals surface area (Å²) in [4.78, 5) is 12.0. The van der Waals surface area contributed by atoms with Crippen LogP contribution >= 0.6 is 23.5 Å². The van der Waals surface area contributed by atoms with Gasteiger partial charge in [-0.15, -0.1) is 23.5 Å². The molecule has 2 aromatic carbocycles. The molecule has 1 aliphatic rings. The normalized spacial score (nSPS) is 14.5. The van der Waals surface area contributed by atoms with Crippen LogP contribution in [0.2, 0.25) is 0 Å². The average Bonchev–Trinajstić information content (AvgIpc) is 3.15. The molecule has 0 unspecified atom stereocenters. The van der Waals surface area contributed by atoms with Crippen LogP contribution in [-0.2, 0) is 11.2 Å². The topological polar surface area (TPSA) is 38.3 Å². The fraction of sp³-hybridized carbons (Fsp3) is 0.316. The molecule has 1 aliphatic heterocycles. The van der Waals surface area contributed by atoms with Crippen LogP contribution < -0.4 is 10.1 Å². The van der Waals surface area contributed by atoms with Gasteiger partial charge in [0.2, 0.25) is 0 Å². The summed E-state index contributed by atoms with van der Waals surface area (Å²) in [6, 6.07) is 16.0. The van der Waals surface area contributed by atoms with Crippen molar-refractivity contribution in [2.75, 3.05) is 23.4 Å². The summed E-state index contributed by atoms with van der Waals surface area (Å²) in [6.45, 7) is 2.11. The van der Waals surface area contributed by atoms with Crippen molar-refractivity contribution in [2.45, 2.75) is 17.9 Å². The molecule has 1 heterocycles. The van der Waals surface area contributed by atoms with E-state index in [2.05, 4.69) is 30.4 Å². The number of hydrogen-bond acceptors (Lipinski definition) is 4. The maximum Gasteiger partial charge on any atom is 0.262 e. The summed E-state index contributed by atoms with van der Waals surface area (Å²) in [5, 5.41) is 2.87. The largest absolute Gasteiger partial charge is 0.484 e. The number of amides is 1. The Hall–Kier alpha value is -1.59. The Bertz CT molecular complexity index is 682. The summed E-state index contributed by atoms with van der Waals surface area (Å²) in [5.74, 6) is 3.01. The average molecular weight is 360 g/mol. The predicted octanol–water partition coefficient (Wildman–Crippen LogP) is 4.75. The van der Waals surface area contributed by atoms with Gasteiger partial charge in [-0.3, -0.25) is 4.79 Å². The Balaban J connectivity index is 1.50. The van der Waals surface area contributed by atoms with Crippen molar-refractivity contribution >= 4 is 35.1 Å². The first-order chi connectivity index (χ1) is 11.7. The van der Waals surface area contributed by atoms with Gasteiger partial charge < -0.3 is 10.1 Å². The number of hydrogen-bond donors (Lipinski definition) is 1. The van der Waals surface area contributed by atoms with Crippen molar-refractivity contribution in [3.8, 4) is 5.75 Å². The quantitative estimate of drug-likeness (QED) is 0.808. The molecular weight excluding hydrogens is 338 g/mol. The number of rotatable bonds is 6. The molecule has 0 saturated carbocycles. The van der Waals surface area contributed by atoms with E-state index in [4.69, 9.17) is 4.74 Å². The van der Waals surface area contributed by atoms with Gasteiger partial charge in [0.25, 0.3) is 5.91 Å². The van der Waals surface area contributed by atoms with Gasteiger partial charge in [-0.05, 0) is 41.8 Å².